The molecular formula is C38H40N4O. The predicted molar refractivity (Wildman–Crippen MR) is 175 cm³/mol. The summed E-state index contributed by atoms with van der Waals surface area (Å²) in [6.07, 6.45) is 12.5. The smallest absolute Gasteiger partial charge is 0.165 e. The Morgan fingerprint density at radius 3 is 2.07 bits per heavy atom. The van der Waals surface area contributed by atoms with Gasteiger partial charge in [0.2, 0.25) is 0 Å². The van der Waals surface area contributed by atoms with Gasteiger partial charge in [0, 0.05) is 22.9 Å². The second kappa shape index (κ2) is 11.1. The van der Waals surface area contributed by atoms with E-state index in [0.29, 0.717) is 17.5 Å². The van der Waals surface area contributed by atoms with Crippen LogP contribution in [0.3, 0.4) is 0 Å². The lowest BCUT2D eigenvalue weighted by molar-refractivity contribution is 0.0717. The topological polar surface area (TPSA) is 60.8 Å². The fourth-order valence-corrected chi connectivity index (χ4v) is 5.80. The first kappa shape index (κ1) is 28.9. The van der Waals surface area contributed by atoms with Crippen LogP contribution in [0, 0.1) is 5.41 Å². The summed E-state index contributed by atoms with van der Waals surface area (Å²) >= 11 is 0. The van der Waals surface area contributed by atoms with Crippen LogP contribution in [0.1, 0.15) is 89.1 Å². The van der Waals surface area contributed by atoms with Crippen LogP contribution in [-0.4, -0.2) is 19.9 Å². The third-order valence-corrected chi connectivity index (χ3v) is 8.39. The zero-order chi connectivity index (χ0) is 30.4. The lowest BCUT2D eigenvalue weighted by atomic mass is 9.86. The van der Waals surface area contributed by atoms with E-state index in [0.717, 1.165) is 40.8 Å². The van der Waals surface area contributed by atoms with Crippen molar-refractivity contribution in [3.05, 3.63) is 114 Å². The number of benzene rings is 2. The van der Waals surface area contributed by atoms with E-state index in [2.05, 4.69) is 96.7 Å². The van der Waals surface area contributed by atoms with Gasteiger partial charge in [-0.1, -0.05) is 103 Å². The van der Waals surface area contributed by atoms with Crippen LogP contribution in [0.15, 0.2) is 91.2 Å². The van der Waals surface area contributed by atoms with Gasteiger partial charge in [-0.15, -0.1) is 0 Å². The highest BCUT2D eigenvalue weighted by molar-refractivity contribution is 5.67. The maximum absolute atomic E-state index is 6.10. The fourth-order valence-electron chi connectivity index (χ4n) is 5.80. The molecule has 0 radical (unpaired) electrons. The molecule has 2 atom stereocenters. The average molecular weight is 569 g/mol. The molecule has 2 aliphatic rings. The second-order valence-electron chi connectivity index (χ2n) is 13.6. The summed E-state index contributed by atoms with van der Waals surface area (Å²) in [5.74, 6) is 1.81. The molecule has 2 aromatic carbocycles. The summed E-state index contributed by atoms with van der Waals surface area (Å²) in [6, 6.07) is 19.2. The Labute approximate surface area is 255 Å². The Balaban J connectivity index is 1.35. The van der Waals surface area contributed by atoms with Gasteiger partial charge >= 0.3 is 0 Å². The summed E-state index contributed by atoms with van der Waals surface area (Å²) < 4.78 is 6.10. The van der Waals surface area contributed by atoms with Gasteiger partial charge in [0.25, 0.3) is 0 Å². The normalized spacial score (nSPS) is 18.3. The minimum Gasteiger partial charge on any atom is -0.366 e. The summed E-state index contributed by atoms with van der Waals surface area (Å²) in [7, 11) is 0. The monoisotopic (exact) mass is 568 g/mol. The number of rotatable bonds is 6. The average Bonchev–Trinajstić information content (AvgIpc) is 3.61. The zero-order valence-electron chi connectivity index (χ0n) is 26.1. The van der Waals surface area contributed by atoms with Gasteiger partial charge in [-0.3, -0.25) is 4.98 Å². The molecule has 2 bridgehead atoms. The Bertz CT molecular complexity index is 1720. The molecule has 6 rings (SSSR count). The molecule has 218 valence electrons. The van der Waals surface area contributed by atoms with Gasteiger partial charge in [-0.25, -0.2) is 15.0 Å². The third kappa shape index (κ3) is 6.00. The first-order valence-electron chi connectivity index (χ1n) is 15.1. The predicted octanol–water partition coefficient (Wildman–Crippen LogP) is 9.64. The van der Waals surface area contributed by atoms with E-state index in [1.165, 1.54) is 16.7 Å². The number of hydrogen-bond donors (Lipinski definition) is 0. The van der Waals surface area contributed by atoms with E-state index in [-0.39, 0.29) is 23.0 Å². The Hall–Kier alpha value is -4.22. The van der Waals surface area contributed by atoms with Crippen LogP contribution < -0.4 is 0 Å². The maximum Gasteiger partial charge on any atom is 0.165 e. The number of nitrogens with zero attached hydrogens (tertiary/aromatic N) is 4. The van der Waals surface area contributed by atoms with Crippen molar-refractivity contribution in [3.8, 4) is 34.0 Å². The van der Waals surface area contributed by atoms with Crippen molar-refractivity contribution in [1.82, 2.24) is 19.9 Å². The molecule has 4 aromatic rings. The minimum atomic E-state index is -0.00479. The van der Waals surface area contributed by atoms with Gasteiger partial charge in [0.15, 0.2) is 17.5 Å². The lowest BCUT2D eigenvalue weighted by Gasteiger charge is -2.19. The van der Waals surface area contributed by atoms with Gasteiger partial charge in [-0.05, 0) is 70.2 Å². The highest BCUT2D eigenvalue weighted by Crippen LogP contribution is 2.51. The zero-order valence-corrected chi connectivity index (χ0v) is 26.1. The standard InChI is InChI=1S/C38H40N4O/c1-8-27(37(2,3)4)10-9-11-34-40-35(24-12-16-28(17-13-24)38(5,6)7)42-36(41-34)26-15-19-31(39-23-26)25-14-18-29-30(22-25)33-21-20-32(29)43-33/h8-19,22-23,32-33H,1,20-21H2,2-7H3/b11-9+,27-10+. The van der Waals surface area contributed by atoms with Gasteiger partial charge < -0.3 is 4.74 Å². The molecule has 1 saturated heterocycles. The number of hydrogen-bond acceptors (Lipinski definition) is 5. The van der Waals surface area contributed by atoms with Crippen molar-refractivity contribution < 1.29 is 4.74 Å². The Kier molecular flexibility index (Phi) is 7.47. The molecule has 0 N–H and O–H groups in total. The summed E-state index contributed by atoms with van der Waals surface area (Å²) in [4.78, 5) is 19.4. The number of aromatic nitrogens is 4. The highest BCUT2D eigenvalue weighted by Gasteiger charge is 2.37. The van der Waals surface area contributed by atoms with Crippen molar-refractivity contribution in [1.29, 1.82) is 0 Å². The summed E-state index contributed by atoms with van der Waals surface area (Å²) in [6.45, 7) is 17.1. The number of pyridine rings is 1. The summed E-state index contributed by atoms with van der Waals surface area (Å²) in [5.41, 5.74) is 8.93. The van der Waals surface area contributed by atoms with E-state index in [1.807, 2.05) is 36.6 Å². The van der Waals surface area contributed by atoms with Gasteiger partial charge in [0.1, 0.15) is 0 Å². The van der Waals surface area contributed by atoms with Crippen molar-refractivity contribution in [2.45, 2.75) is 72.0 Å². The van der Waals surface area contributed by atoms with Crippen LogP contribution in [0.4, 0.5) is 0 Å². The molecule has 43 heavy (non-hydrogen) atoms. The molecule has 5 heteroatoms. The number of ether oxygens (including phenoxy) is 1. The van der Waals surface area contributed by atoms with E-state index >= 15 is 0 Å². The molecule has 4 heterocycles. The van der Waals surface area contributed by atoms with Crippen molar-refractivity contribution >= 4 is 6.08 Å². The minimum absolute atomic E-state index is 0.00479. The SMILES string of the molecule is C=C/C(=C\C=C\c1nc(-c2ccc(C(C)(C)C)cc2)nc(-c2ccc(-c3ccc4c(c3)C3CCC4O3)nc2)n1)C(C)(C)C. The molecule has 0 saturated carbocycles. The first-order valence-corrected chi connectivity index (χ1v) is 15.1. The maximum atomic E-state index is 6.10. The second-order valence-corrected chi connectivity index (χ2v) is 13.6. The van der Waals surface area contributed by atoms with Gasteiger partial charge in [0.05, 0.1) is 17.9 Å². The molecule has 2 aromatic heterocycles. The Morgan fingerprint density at radius 1 is 0.791 bits per heavy atom. The van der Waals surface area contributed by atoms with Crippen molar-refractivity contribution in [3.63, 3.8) is 0 Å². The number of allylic oxidation sites excluding steroid dienone is 4. The van der Waals surface area contributed by atoms with E-state index in [9.17, 15) is 0 Å². The fraction of sp³-hybridized carbons (Fsp3) is 0.316. The largest absolute Gasteiger partial charge is 0.366 e. The Morgan fingerprint density at radius 2 is 1.44 bits per heavy atom. The molecule has 1 fully saturated rings. The molecule has 2 aliphatic heterocycles. The molecule has 5 nitrogen and oxygen atoms in total. The van der Waals surface area contributed by atoms with Crippen molar-refractivity contribution in [2.75, 3.05) is 0 Å². The third-order valence-electron chi connectivity index (χ3n) is 8.39. The van der Waals surface area contributed by atoms with Gasteiger partial charge in [-0.2, -0.15) is 0 Å². The molecule has 0 spiro atoms. The highest BCUT2D eigenvalue weighted by atomic mass is 16.5. The van der Waals surface area contributed by atoms with E-state index in [1.54, 1.807) is 0 Å². The quantitative estimate of drug-likeness (QED) is 0.217. The first-order chi connectivity index (χ1) is 20.5. The molecular weight excluding hydrogens is 528 g/mol. The van der Waals surface area contributed by atoms with Crippen LogP contribution >= 0.6 is 0 Å². The van der Waals surface area contributed by atoms with Crippen LogP contribution in [0.25, 0.3) is 40.1 Å². The molecule has 2 unspecified atom stereocenters. The van der Waals surface area contributed by atoms with E-state index < -0.39 is 0 Å². The summed E-state index contributed by atoms with van der Waals surface area (Å²) in [5, 5.41) is 0. The van der Waals surface area contributed by atoms with Crippen LogP contribution in [-0.2, 0) is 10.2 Å². The van der Waals surface area contributed by atoms with Crippen LogP contribution in [0.2, 0.25) is 0 Å². The van der Waals surface area contributed by atoms with Crippen molar-refractivity contribution in [2.24, 2.45) is 5.41 Å². The van der Waals surface area contributed by atoms with Crippen LogP contribution in [0.5, 0.6) is 0 Å². The molecule has 0 aliphatic carbocycles. The molecule has 0 amide bonds. The van der Waals surface area contributed by atoms with E-state index in [4.69, 9.17) is 24.7 Å². The number of fused-ring (bicyclic) bond motifs is 5. The lowest BCUT2D eigenvalue weighted by Crippen LogP contribution is -2.10.